The van der Waals surface area contributed by atoms with Crippen molar-refractivity contribution < 1.29 is 14.3 Å². The molecule has 27 heavy (non-hydrogen) atoms. The molecule has 1 amide bonds. The molecule has 0 unspecified atom stereocenters. The summed E-state index contributed by atoms with van der Waals surface area (Å²) in [6, 6.07) is 11.6. The highest BCUT2D eigenvalue weighted by Crippen LogP contribution is 2.37. The highest BCUT2D eigenvalue weighted by molar-refractivity contribution is 5.98. The largest absolute Gasteiger partial charge is 0.486 e. The van der Waals surface area contributed by atoms with Gasteiger partial charge in [-0.15, -0.1) is 0 Å². The van der Waals surface area contributed by atoms with E-state index in [-0.39, 0.29) is 17.6 Å². The molecule has 6 heteroatoms. The molecule has 2 aliphatic rings. The first-order valence-electron chi connectivity index (χ1n) is 9.28. The van der Waals surface area contributed by atoms with Gasteiger partial charge in [0.1, 0.15) is 11.9 Å². The van der Waals surface area contributed by atoms with Crippen LogP contribution in [0, 0.1) is 0 Å². The molecular formula is C21H21N3O3. The van der Waals surface area contributed by atoms with E-state index in [9.17, 15) is 4.79 Å². The Kier molecular flexibility index (Phi) is 3.86. The Bertz CT molecular complexity index is 971. The number of ether oxygens (including phenoxy) is 2. The van der Waals surface area contributed by atoms with Gasteiger partial charge in [0.15, 0.2) is 0 Å². The van der Waals surface area contributed by atoms with Crippen molar-refractivity contribution in [2.75, 3.05) is 19.7 Å². The lowest BCUT2D eigenvalue weighted by atomic mass is 9.98. The fraction of sp³-hybridized carbons (Fsp3) is 0.333. The average molecular weight is 363 g/mol. The molecule has 3 aromatic rings. The van der Waals surface area contributed by atoms with Gasteiger partial charge in [-0.2, -0.15) is 0 Å². The van der Waals surface area contributed by atoms with Gasteiger partial charge >= 0.3 is 0 Å². The van der Waals surface area contributed by atoms with Crippen molar-refractivity contribution in [3.8, 4) is 5.75 Å². The van der Waals surface area contributed by atoms with Gasteiger partial charge in [0.2, 0.25) is 0 Å². The number of fused-ring (bicyclic) bond motifs is 1. The number of carbonyl (C=O) groups is 1. The van der Waals surface area contributed by atoms with E-state index < -0.39 is 0 Å². The minimum atomic E-state index is -0.293. The number of likely N-dealkylation sites (tertiary alicyclic amines) is 1. The number of pyridine rings is 1. The third kappa shape index (κ3) is 3.06. The van der Waals surface area contributed by atoms with E-state index in [1.165, 1.54) is 0 Å². The molecule has 2 atom stereocenters. The van der Waals surface area contributed by atoms with Crippen LogP contribution in [-0.2, 0) is 4.74 Å². The molecule has 0 saturated carbocycles. The molecule has 6 nitrogen and oxygen atoms in total. The van der Waals surface area contributed by atoms with Gasteiger partial charge in [-0.25, -0.2) is 0 Å². The highest BCUT2D eigenvalue weighted by Gasteiger charge is 2.47. The number of hydrogen-bond acceptors (Lipinski definition) is 4. The summed E-state index contributed by atoms with van der Waals surface area (Å²) < 4.78 is 12.1. The summed E-state index contributed by atoms with van der Waals surface area (Å²) in [7, 11) is 0. The van der Waals surface area contributed by atoms with Crippen molar-refractivity contribution >= 4 is 16.8 Å². The highest BCUT2D eigenvalue weighted by atomic mass is 16.6. The van der Waals surface area contributed by atoms with Gasteiger partial charge in [-0.05, 0) is 42.1 Å². The maximum absolute atomic E-state index is 12.9. The second-order valence-corrected chi connectivity index (χ2v) is 7.38. The zero-order valence-electron chi connectivity index (χ0n) is 14.9. The molecule has 0 aliphatic carbocycles. The summed E-state index contributed by atoms with van der Waals surface area (Å²) in [6.45, 7) is 1.87. The van der Waals surface area contributed by atoms with Crippen LogP contribution in [0.5, 0.6) is 5.75 Å². The van der Waals surface area contributed by atoms with Crippen molar-refractivity contribution in [2.24, 2.45) is 0 Å². The number of rotatable bonds is 3. The fourth-order valence-corrected chi connectivity index (χ4v) is 4.15. The number of amides is 1. The molecule has 2 aromatic heterocycles. The molecule has 4 heterocycles. The van der Waals surface area contributed by atoms with E-state index in [2.05, 4.69) is 9.97 Å². The summed E-state index contributed by atoms with van der Waals surface area (Å²) in [5, 5.41) is 1.11. The molecule has 2 fully saturated rings. The minimum absolute atomic E-state index is 0.000444. The second kappa shape index (κ2) is 6.39. The number of hydrogen-bond donors (Lipinski definition) is 1. The summed E-state index contributed by atoms with van der Waals surface area (Å²) in [5.74, 6) is 0.817. The predicted octanol–water partition coefficient (Wildman–Crippen LogP) is 3.02. The first-order chi connectivity index (χ1) is 13.2. The topological polar surface area (TPSA) is 67.5 Å². The first-order valence-corrected chi connectivity index (χ1v) is 9.28. The molecule has 1 aromatic carbocycles. The van der Waals surface area contributed by atoms with Crippen LogP contribution in [0.3, 0.4) is 0 Å². The van der Waals surface area contributed by atoms with Crippen LogP contribution in [0.2, 0.25) is 0 Å². The van der Waals surface area contributed by atoms with E-state index in [1.807, 2.05) is 47.5 Å². The molecule has 2 saturated heterocycles. The maximum Gasteiger partial charge on any atom is 0.254 e. The molecule has 5 rings (SSSR count). The Labute approximate surface area is 157 Å². The summed E-state index contributed by atoms with van der Waals surface area (Å²) in [6.07, 6.45) is 6.96. The average Bonchev–Trinajstić information content (AvgIpc) is 3.42. The van der Waals surface area contributed by atoms with Gasteiger partial charge in [0, 0.05) is 36.4 Å². The molecule has 1 N–H and O–H groups in total. The SMILES string of the molecule is O=C(c1ccc2cc[nH]c2c1)N1CC[C@@]2(C[C@H](Oc3cccnc3)CO2)C1. The zero-order valence-corrected chi connectivity index (χ0v) is 14.9. The van der Waals surface area contributed by atoms with Crippen molar-refractivity contribution in [2.45, 2.75) is 24.5 Å². The van der Waals surface area contributed by atoms with Crippen LogP contribution in [0.4, 0.5) is 0 Å². The second-order valence-electron chi connectivity index (χ2n) is 7.38. The Morgan fingerprint density at radius 1 is 1.33 bits per heavy atom. The Morgan fingerprint density at radius 2 is 2.30 bits per heavy atom. The van der Waals surface area contributed by atoms with E-state index in [4.69, 9.17) is 9.47 Å². The van der Waals surface area contributed by atoms with Crippen molar-refractivity contribution in [1.29, 1.82) is 0 Å². The number of aromatic nitrogens is 2. The van der Waals surface area contributed by atoms with Gasteiger partial charge in [0.25, 0.3) is 5.91 Å². The first kappa shape index (κ1) is 16.3. The summed E-state index contributed by atoms with van der Waals surface area (Å²) in [5.41, 5.74) is 1.40. The smallest absolute Gasteiger partial charge is 0.254 e. The lowest BCUT2D eigenvalue weighted by Crippen LogP contribution is -2.36. The Hall–Kier alpha value is -2.86. The van der Waals surface area contributed by atoms with Gasteiger partial charge in [-0.3, -0.25) is 9.78 Å². The molecule has 0 radical (unpaired) electrons. The minimum Gasteiger partial charge on any atom is -0.486 e. The van der Waals surface area contributed by atoms with Gasteiger partial charge in [0.05, 0.1) is 24.9 Å². The maximum atomic E-state index is 12.9. The van der Waals surface area contributed by atoms with Crippen LogP contribution < -0.4 is 4.74 Å². The fourth-order valence-electron chi connectivity index (χ4n) is 4.15. The van der Waals surface area contributed by atoms with E-state index in [1.54, 1.807) is 12.4 Å². The lowest BCUT2D eigenvalue weighted by molar-refractivity contribution is 0.00995. The lowest BCUT2D eigenvalue weighted by Gasteiger charge is -2.23. The number of nitrogens with zero attached hydrogens (tertiary/aromatic N) is 2. The normalized spacial score (nSPS) is 24.7. The Morgan fingerprint density at radius 3 is 3.19 bits per heavy atom. The third-order valence-electron chi connectivity index (χ3n) is 5.52. The number of aromatic amines is 1. The predicted molar refractivity (Wildman–Crippen MR) is 101 cm³/mol. The molecule has 138 valence electrons. The van der Waals surface area contributed by atoms with Crippen LogP contribution in [0.15, 0.2) is 55.0 Å². The van der Waals surface area contributed by atoms with Crippen LogP contribution in [-0.4, -0.2) is 52.2 Å². The quantitative estimate of drug-likeness (QED) is 0.777. The summed E-state index contributed by atoms with van der Waals surface area (Å²) >= 11 is 0. The van der Waals surface area contributed by atoms with Crippen molar-refractivity contribution in [3.05, 3.63) is 60.6 Å². The number of carbonyl (C=O) groups excluding carboxylic acids is 1. The van der Waals surface area contributed by atoms with Crippen molar-refractivity contribution in [1.82, 2.24) is 14.9 Å². The van der Waals surface area contributed by atoms with E-state index >= 15 is 0 Å². The number of benzene rings is 1. The molecule has 1 spiro atoms. The van der Waals surface area contributed by atoms with Crippen LogP contribution >= 0.6 is 0 Å². The standard InChI is InChI=1S/C21H21N3O3/c25-20(16-4-3-15-5-8-23-19(15)10-16)24-9-6-21(14-24)11-18(13-26-21)27-17-2-1-7-22-12-17/h1-5,7-8,10,12,18,23H,6,9,11,13-14H2/t18-,21+/m0/s1. The van der Waals surface area contributed by atoms with Gasteiger partial charge in [-0.1, -0.05) is 6.07 Å². The Balaban J connectivity index is 1.26. The molecule has 2 aliphatic heterocycles. The van der Waals surface area contributed by atoms with Crippen LogP contribution in [0.1, 0.15) is 23.2 Å². The van der Waals surface area contributed by atoms with E-state index in [0.29, 0.717) is 25.3 Å². The van der Waals surface area contributed by atoms with Gasteiger partial charge < -0.3 is 19.4 Å². The number of nitrogens with one attached hydrogen (secondary N) is 1. The van der Waals surface area contributed by atoms with E-state index in [0.717, 1.165) is 29.5 Å². The monoisotopic (exact) mass is 363 g/mol. The third-order valence-corrected chi connectivity index (χ3v) is 5.52. The molecular weight excluding hydrogens is 342 g/mol. The van der Waals surface area contributed by atoms with Crippen molar-refractivity contribution in [3.63, 3.8) is 0 Å². The zero-order chi connectivity index (χ0) is 18.3. The molecule has 0 bridgehead atoms. The summed E-state index contributed by atoms with van der Waals surface area (Å²) in [4.78, 5) is 22.1. The number of H-pyrrole nitrogens is 1. The van der Waals surface area contributed by atoms with Crippen LogP contribution in [0.25, 0.3) is 10.9 Å².